The van der Waals surface area contributed by atoms with E-state index in [0.29, 0.717) is 11.0 Å². The maximum absolute atomic E-state index is 13.7. The van der Waals surface area contributed by atoms with Crippen molar-refractivity contribution < 1.29 is 31.8 Å². The average molecular weight is 371 g/mol. The van der Waals surface area contributed by atoms with E-state index in [2.05, 4.69) is 9.47 Å². The summed E-state index contributed by atoms with van der Waals surface area (Å²) in [7, 11) is 1.07. The standard InChI is InChI=1S/C10H6Cl3F4NO3/c1-18(8(19)21-9(11,12)13)7-3-2-5(4-6(7)14)20-10(15,16)17/h2-4H,1H3. The number of nitrogens with zero attached hydrogens (tertiary/aromatic N) is 1. The van der Waals surface area contributed by atoms with E-state index < -0.39 is 33.7 Å². The highest BCUT2D eigenvalue weighted by atomic mass is 35.6. The number of halogens is 7. The van der Waals surface area contributed by atoms with E-state index in [-0.39, 0.29) is 0 Å². The number of amides is 1. The van der Waals surface area contributed by atoms with Crippen molar-refractivity contribution in [2.24, 2.45) is 0 Å². The molecule has 1 amide bonds. The van der Waals surface area contributed by atoms with E-state index >= 15 is 0 Å². The molecule has 4 nitrogen and oxygen atoms in total. The van der Waals surface area contributed by atoms with Gasteiger partial charge in [-0.3, -0.25) is 4.90 Å². The smallest absolute Gasteiger partial charge is 0.406 e. The van der Waals surface area contributed by atoms with Crippen LogP contribution in [0.1, 0.15) is 0 Å². The van der Waals surface area contributed by atoms with Crippen LogP contribution in [0.4, 0.5) is 28.0 Å². The second-order valence-electron chi connectivity index (χ2n) is 3.53. The topological polar surface area (TPSA) is 38.8 Å². The first-order valence-corrected chi connectivity index (χ1v) is 6.11. The van der Waals surface area contributed by atoms with Crippen LogP contribution < -0.4 is 9.64 Å². The summed E-state index contributed by atoms with van der Waals surface area (Å²) in [4.78, 5) is 12.1. The lowest BCUT2D eigenvalue weighted by atomic mass is 10.2. The molecule has 1 rings (SSSR count). The summed E-state index contributed by atoms with van der Waals surface area (Å²) in [5.41, 5.74) is -0.399. The largest absolute Gasteiger partial charge is 0.573 e. The molecule has 0 bridgehead atoms. The van der Waals surface area contributed by atoms with Gasteiger partial charge in [-0.25, -0.2) is 9.18 Å². The maximum Gasteiger partial charge on any atom is 0.573 e. The minimum absolute atomic E-state index is 0.399. The third-order valence-corrected chi connectivity index (χ3v) is 2.22. The Morgan fingerprint density at radius 2 is 1.81 bits per heavy atom. The van der Waals surface area contributed by atoms with E-state index in [1.807, 2.05) is 0 Å². The van der Waals surface area contributed by atoms with Crippen molar-refractivity contribution in [2.75, 3.05) is 11.9 Å². The van der Waals surface area contributed by atoms with Crippen molar-refractivity contribution in [3.05, 3.63) is 24.0 Å². The molecule has 0 aromatic heterocycles. The summed E-state index contributed by atoms with van der Waals surface area (Å²) in [6.45, 7) is 0. The Bertz CT molecular complexity index is 533. The highest BCUT2D eigenvalue weighted by Gasteiger charge is 2.32. The van der Waals surface area contributed by atoms with Crippen molar-refractivity contribution in [1.82, 2.24) is 0 Å². The Kier molecular flexibility index (Phi) is 5.40. The van der Waals surface area contributed by atoms with E-state index in [1.165, 1.54) is 0 Å². The minimum atomic E-state index is -4.96. The quantitative estimate of drug-likeness (QED) is 0.563. The second-order valence-corrected chi connectivity index (χ2v) is 5.71. The molecule has 0 spiro atoms. The summed E-state index contributed by atoms with van der Waals surface area (Å²) >= 11 is 15.7. The van der Waals surface area contributed by atoms with Gasteiger partial charge in [-0.15, -0.1) is 13.2 Å². The van der Waals surface area contributed by atoms with E-state index in [0.717, 1.165) is 19.2 Å². The SMILES string of the molecule is CN(C(=O)OC(Cl)(Cl)Cl)c1ccc(OC(F)(F)F)cc1F. The fourth-order valence-corrected chi connectivity index (χ4v) is 1.42. The number of hydrogen-bond acceptors (Lipinski definition) is 3. The number of anilines is 1. The molecule has 1 aromatic rings. The van der Waals surface area contributed by atoms with Crippen molar-refractivity contribution in [3.63, 3.8) is 0 Å². The van der Waals surface area contributed by atoms with Crippen LogP contribution in [0.2, 0.25) is 0 Å². The third-order valence-electron chi connectivity index (χ3n) is 1.99. The summed E-state index contributed by atoms with van der Waals surface area (Å²) in [6.07, 6.45) is -6.19. The van der Waals surface area contributed by atoms with E-state index in [4.69, 9.17) is 34.8 Å². The van der Waals surface area contributed by atoms with Gasteiger partial charge in [-0.05, 0) is 46.9 Å². The Balaban J connectivity index is 2.92. The first-order chi connectivity index (χ1) is 9.39. The maximum atomic E-state index is 13.7. The van der Waals surface area contributed by atoms with Gasteiger partial charge in [-0.1, -0.05) is 0 Å². The minimum Gasteiger partial charge on any atom is -0.406 e. The van der Waals surface area contributed by atoms with Gasteiger partial charge in [0.25, 0.3) is 0 Å². The molecule has 11 heteroatoms. The van der Waals surface area contributed by atoms with Crippen molar-refractivity contribution >= 4 is 46.6 Å². The number of benzene rings is 1. The summed E-state index contributed by atoms with van der Waals surface area (Å²) < 4.78 is 55.1. The molecule has 0 heterocycles. The van der Waals surface area contributed by atoms with Gasteiger partial charge in [-0.2, -0.15) is 0 Å². The number of hydrogen-bond donors (Lipinski definition) is 0. The lowest BCUT2D eigenvalue weighted by Gasteiger charge is -2.21. The Morgan fingerprint density at radius 3 is 2.24 bits per heavy atom. The highest BCUT2D eigenvalue weighted by Crippen LogP contribution is 2.31. The van der Waals surface area contributed by atoms with Gasteiger partial charge >= 0.3 is 16.4 Å². The zero-order valence-corrected chi connectivity index (χ0v) is 12.3. The molecular formula is C10H6Cl3F4NO3. The second kappa shape index (κ2) is 6.33. The molecule has 1 aromatic carbocycles. The number of carbonyl (C=O) groups excluding carboxylic acids is 1. The summed E-state index contributed by atoms with van der Waals surface area (Å²) in [5.74, 6) is -1.95. The van der Waals surface area contributed by atoms with Crippen molar-refractivity contribution in [2.45, 2.75) is 10.3 Å². The first kappa shape index (κ1) is 17.9. The molecule has 0 saturated carbocycles. The molecule has 0 unspecified atom stereocenters. The predicted octanol–water partition coefficient (Wildman–Crippen LogP) is 4.62. The Hall–Kier alpha value is -1.12. The van der Waals surface area contributed by atoms with Gasteiger partial charge in [0.15, 0.2) is 5.82 Å². The molecule has 118 valence electrons. The fourth-order valence-electron chi connectivity index (χ4n) is 1.22. The van der Waals surface area contributed by atoms with Crippen LogP contribution in [0.25, 0.3) is 0 Å². The summed E-state index contributed by atoms with van der Waals surface area (Å²) in [6, 6.07) is 2.13. The van der Waals surface area contributed by atoms with Crippen LogP contribution in [0, 0.1) is 5.82 Å². The first-order valence-electron chi connectivity index (χ1n) is 4.98. The van der Waals surface area contributed by atoms with Crippen molar-refractivity contribution in [1.29, 1.82) is 0 Å². The lowest BCUT2D eigenvalue weighted by Crippen LogP contribution is -2.31. The van der Waals surface area contributed by atoms with Crippen LogP contribution in [-0.4, -0.2) is 23.5 Å². The van der Waals surface area contributed by atoms with Gasteiger partial charge < -0.3 is 9.47 Å². The molecule has 0 saturated heterocycles. The molecule has 0 fully saturated rings. The van der Waals surface area contributed by atoms with Gasteiger partial charge in [0, 0.05) is 13.1 Å². The molecule has 0 atom stereocenters. The van der Waals surface area contributed by atoms with E-state index in [9.17, 15) is 22.4 Å². The van der Waals surface area contributed by atoms with Crippen LogP contribution in [-0.2, 0) is 4.74 Å². The molecule has 0 aliphatic carbocycles. The lowest BCUT2D eigenvalue weighted by molar-refractivity contribution is -0.274. The van der Waals surface area contributed by atoms with Gasteiger partial charge in [0.05, 0.1) is 5.69 Å². The van der Waals surface area contributed by atoms with Gasteiger partial charge in [0.2, 0.25) is 0 Å². The fraction of sp³-hybridized carbons (Fsp3) is 0.300. The molecular weight excluding hydrogens is 364 g/mol. The van der Waals surface area contributed by atoms with Gasteiger partial charge in [0.1, 0.15) is 5.75 Å². The van der Waals surface area contributed by atoms with Crippen LogP contribution >= 0.6 is 34.8 Å². The molecule has 0 radical (unpaired) electrons. The molecule has 0 aliphatic rings. The summed E-state index contributed by atoms with van der Waals surface area (Å²) in [5, 5.41) is 0. The van der Waals surface area contributed by atoms with E-state index in [1.54, 1.807) is 0 Å². The normalized spacial score (nSPS) is 12.0. The number of ether oxygens (including phenoxy) is 2. The highest BCUT2D eigenvalue weighted by molar-refractivity contribution is 6.66. The number of alkyl halides is 6. The third kappa shape index (κ3) is 6.03. The number of rotatable bonds is 2. The predicted molar refractivity (Wildman–Crippen MR) is 68.3 cm³/mol. The average Bonchev–Trinajstić information content (AvgIpc) is 2.23. The Labute approximate surface area is 131 Å². The number of carbonyl (C=O) groups is 1. The molecule has 0 aliphatic heterocycles. The van der Waals surface area contributed by atoms with Crippen molar-refractivity contribution in [3.8, 4) is 5.75 Å². The monoisotopic (exact) mass is 369 g/mol. The zero-order valence-electron chi connectivity index (χ0n) is 10.0. The Morgan fingerprint density at radius 1 is 1.24 bits per heavy atom. The van der Waals surface area contributed by atoms with Crippen LogP contribution in [0.3, 0.4) is 0 Å². The molecule has 0 N–H and O–H groups in total. The van der Waals surface area contributed by atoms with Crippen LogP contribution in [0.15, 0.2) is 18.2 Å². The zero-order chi connectivity index (χ0) is 16.4. The van der Waals surface area contributed by atoms with Crippen LogP contribution in [0.5, 0.6) is 5.75 Å². The molecule has 21 heavy (non-hydrogen) atoms.